The highest BCUT2D eigenvalue weighted by Gasteiger charge is 2.41. The van der Waals surface area contributed by atoms with Crippen LogP contribution in [0.15, 0.2) is 0 Å². The minimum absolute atomic E-state index is 0.528. The van der Waals surface area contributed by atoms with Gasteiger partial charge in [0, 0.05) is 0 Å². The van der Waals surface area contributed by atoms with Gasteiger partial charge in [0.25, 0.3) is 0 Å². The quantitative estimate of drug-likeness (QED) is 0.567. The van der Waals surface area contributed by atoms with Gasteiger partial charge >= 0.3 is 5.97 Å². The zero-order chi connectivity index (χ0) is 9.19. The van der Waals surface area contributed by atoms with Crippen LogP contribution in [0.1, 0.15) is 25.7 Å². The number of ether oxygens (including phenoxy) is 1. The Kier molecular flexibility index (Phi) is 2.69. The number of carbonyl (C=O) groups is 1. The number of hydrogen-bond donors (Lipinski definition) is 2. The topological polar surface area (TPSA) is 72.5 Å². The maximum Gasteiger partial charge on any atom is 0.325 e. The van der Waals surface area contributed by atoms with E-state index in [1.54, 1.807) is 0 Å². The molecule has 0 bridgehead atoms. The smallest absolute Gasteiger partial charge is 0.325 e. The lowest BCUT2D eigenvalue weighted by Crippen LogP contribution is -2.51. The lowest BCUT2D eigenvalue weighted by molar-refractivity contribution is -0.148. The Hall–Kier alpha value is -0.610. The van der Waals surface area contributed by atoms with Gasteiger partial charge in [0.15, 0.2) is 0 Å². The third-order valence-electron chi connectivity index (χ3n) is 2.50. The SMILES string of the molecule is COC(=O)[C@@H](N)C1(O)CCCC1. The molecular weight excluding hydrogens is 158 g/mol. The fourth-order valence-corrected chi connectivity index (χ4v) is 1.64. The van der Waals surface area contributed by atoms with Crippen molar-refractivity contribution in [3.05, 3.63) is 0 Å². The van der Waals surface area contributed by atoms with Gasteiger partial charge in [-0.15, -0.1) is 0 Å². The highest BCUT2D eigenvalue weighted by molar-refractivity contribution is 5.77. The molecule has 0 aliphatic heterocycles. The first-order chi connectivity index (χ1) is 5.60. The molecule has 4 heteroatoms. The number of carbonyl (C=O) groups excluding carboxylic acids is 1. The molecule has 12 heavy (non-hydrogen) atoms. The Morgan fingerprint density at radius 1 is 1.58 bits per heavy atom. The summed E-state index contributed by atoms with van der Waals surface area (Å²) in [5.41, 5.74) is 4.52. The Balaban J connectivity index is 2.61. The number of hydrogen-bond acceptors (Lipinski definition) is 4. The molecule has 0 aromatic carbocycles. The van der Waals surface area contributed by atoms with Crippen molar-refractivity contribution in [2.45, 2.75) is 37.3 Å². The molecule has 0 aromatic heterocycles. The molecule has 1 fully saturated rings. The van der Waals surface area contributed by atoms with Crippen molar-refractivity contribution in [3.8, 4) is 0 Å². The largest absolute Gasteiger partial charge is 0.468 e. The second-order valence-electron chi connectivity index (χ2n) is 3.31. The van der Waals surface area contributed by atoms with E-state index < -0.39 is 17.6 Å². The number of rotatable bonds is 2. The van der Waals surface area contributed by atoms with Crippen molar-refractivity contribution >= 4 is 5.97 Å². The summed E-state index contributed by atoms with van der Waals surface area (Å²) in [6.45, 7) is 0. The maximum atomic E-state index is 11.0. The Bertz CT molecular complexity index is 175. The predicted molar refractivity (Wildman–Crippen MR) is 43.4 cm³/mol. The molecule has 0 radical (unpaired) electrons. The van der Waals surface area contributed by atoms with Crippen LogP contribution in [0.3, 0.4) is 0 Å². The molecule has 1 rings (SSSR count). The first kappa shape index (κ1) is 9.48. The van der Waals surface area contributed by atoms with Crippen LogP contribution in [-0.2, 0) is 9.53 Å². The Morgan fingerprint density at radius 3 is 2.50 bits per heavy atom. The molecule has 70 valence electrons. The third kappa shape index (κ3) is 1.59. The van der Waals surface area contributed by atoms with E-state index in [2.05, 4.69) is 4.74 Å². The van der Waals surface area contributed by atoms with E-state index in [1.807, 2.05) is 0 Å². The second kappa shape index (κ2) is 3.41. The molecule has 0 heterocycles. The molecule has 0 amide bonds. The van der Waals surface area contributed by atoms with Gasteiger partial charge in [0.2, 0.25) is 0 Å². The summed E-state index contributed by atoms with van der Waals surface area (Å²) >= 11 is 0. The van der Waals surface area contributed by atoms with Crippen molar-refractivity contribution < 1.29 is 14.6 Å². The lowest BCUT2D eigenvalue weighted by atomic mass is 9.93. The van der Waals surface area contributed by atoms with E-state index in [0.717, 1.165) is 12.8 Å². The lowest BCUT2D eigenvalue weighted by Gasteiger charge is -2.26. The van der Waals surface area contributed by atoms with Gasteiger partial charge in [-0.2, -0.15) is 0 Å². The number of aliphatic hydroxyl groups is 1. The van der Waals surface area contributed by atoms with Crippen LogP contribution in [0.4, 0.5) is 0 Å². The third-order valence-corrected chi connectivity index (χ3v) is 2.50. The highest BCUT2D eigenvalue weighted by Crippen LogP contribution is 2.31. The monoisotopic (exact) mass is 173 g/mol. The van der Waals surface area contributed by atoms with Gasteiger partial charge in [0.1, 0.15) is 6.04 Å². The maximum absolute atomic E-state index is 11.0. The van der Waals surface area contributed by atoms with Crippen LogP contribution in [0.25, 0.3) is 0 Å². The van der Waals surface area contributed by atoms with E-state index in [1.165, 1.54) is 7.11 Å². The summed E-state index contributed by atoms with van der Waals surface area (Å²) in [4.78, 5) is 11.0. The first-order valence-electron chi connectivity index (χ1n) is 4.16. The van der Waals surface area contributed by atoms with Crippen molar-refractivity contribution in [2.75, 3.05) is 7.11 Å². The second-order valence-corrected chi connectivity index (χ2v) is 3.31. The standard InChI is InChI=1S/C8H15NO3/c1-12-7(10)6(9)8(11)4-2-3-5-8/h6,11H,2-5,9H2,1H3/t6-/m1/s1. The normalized spacial score (nSPS) is 23.6. The summed E-state index contributed by atoms with van der Waals surface area (Å²) in [5, 5.41) is 9.84. The van der Waals surface area contributed by atoms with Gasteiger partial charge in [-0.3, -0.25) is 4.79 Å². The minimum atomic E-state index is -1.02. The van der Waals surface area contributed by atoms with Crippen LogP contribution in [0.5, 0.6) is 0 Å². The van der Waals surface area contributed by atoms with Gasteiger partial charge in [0.05, 0.1) is 12.7 Å². The van der Waals surface area contributed by atoms with Crippen molar-refractivity contribution in [1.29, 1.82) is 0 Å². The molecule has 1 aliphatic carbocycles. The van der Waals surface area contributed by atoms with Gasteiger partial charge in [-0.05, 0) is 12.8 Å². The zero-order valence-electron chi connectivity index (χ0n) is 7.25. The number of esters is 1. The van der Waals surface area contributed by atoms with E-state index in [-0.39, 0.29) is 0 Å². The minimum Gasteiger partial charge on any atom is -0.468 e. The Labute approximate surface area is 71.7 Å². The highest BCUT2D eigenvalue weighted by atomic mass is 16.5. The van der Waals surface area contributed by atoms with Crippen LogP contribution in [-0.4, -0.2) is 29.8 Å². The number of nitrogens with two attached hydrogens (primary N) is 1. The Morgan fingerprint density at radius 2 is 2.08 bits per heavy atom. The number of methoxy groups -OCH3 is 1. The van der Waals surface area contributed by atoms with Crippen LogP contribution >= 0.6 is 0 Å². The van der Waals surface area contributed by atoms with Gasteiger partial charge < -0.3 is 15.6 Å². The summed E-state index contributed by atoms with van der Waals surface area (Å²) in [7, 11) is 1.28. The molecule has 1 atom stereocenters. The molecule has 0 spiro atoms. The van der Waals surface area contributed by atoms with Crippen molar-refractivity contribution in [1.82, 2.24) is 0 Å². The van der Waals surface area contributed by atoms with Crippen LogP contribution in [0.2, 0.25) is 0 Å². The van der Waals surface area contributed by atoms with E-state index in [0.29, 0.717) is 12.8 Å². The zero-order valence-corrected chi connectivity index (χ0v) is 7.25. The molecule has 4 nitrogen and oxygen atoms in total. The molecule has 0 unspecified atom stereocenters. The summed E-state index contributed by atoms with van der Waals surface area (Å²) in [6.07, 6.45) is 3.06. The molecule has 0 aromatic rings. The summed E-state index contributed by atoms with van der Waals surface area (Å²) < 4.78 is 4.47. The fraction of sp³-hybridized carbons (Fsp3) is 0.875. The van der Waals surface area contributed by atoms with Gasteiger partial charge in [-0.25, -0.2) is 0 Å². The summed E-state index contributed by atoms with van der Waals surface area (Å²) in [5.74, 6) is -0.528. The molecule has 1 saturated carbocycles. The van der Waals surface area contributed by atoms with Crippen LogP contribution < -0.4 is 5.73 Å². The predicted octanol–water partition coefficient (Wildman–Crippen LogP) is -0.208. The molecular formula is C8H15NO3. The van der Waals surface area contributed by atoms with E-state index in [4.69, 9.17) is 5.73 Å². The average Bonchev–Trinajstić information content (AvgIpc) is 2.50. The van der Waals surface area contributed by atoms with Crippen molar-refractivity contribution in [3.63, 3.8) is 0 Å². The van der Waals surface area contributed by atoms with E-state index in [9.17, 15) is 9.90 Å². The van der Waals surface area contributed by atoms with Gasteiger partial charge in [-0.1, -0.05) is 12.8 Å². The summed E-state index contributed by atoms with van der Waals surface area (Å²) in [6, 6.07) is -0.884. The first-order valence-corrected chi connectivity index (χ1v) is 4.16. The van der Waals surface area contributed by atoms with Crippen LogP contribution in [0, 0.1) is 0 Å². The molecule has 3 N–H and O–H groups in total. The fourth-order valence-electron chi connectivity index (χ4n) is 1.64. The molecule has 1 aliphatic rings. The average molecular weight is 173 g/mol. The van der Waals surface area contributed by atoms with E-state index >= 15 is 0 Å². The van der Waals surface area contributed by atoms with Crippen molar-refractivity contribution in [2.24, 2.45) is 5.73 Å². The molecule has 0 saturated heterocycles.